The van der Waals surface area contributed by atoms with Crippen LogP contribution in [0.1, 0.15) is 57.9 Å². The van der Waals surface area contributed by atoms with E-state index in [-0.39, 0.29) is 31.6 Å². The summed E-state index contributed by atoms with van der Waals surface area (Å²) in [7, 11) is 0. The van der Waals surface area contributed by atoms with Crippen molar-refractivity contribution in [3.05, 3.63) is 36.0 Å². The lowest BCUT2D eigenvalue weighted by Gasteiger charge is -2.28. The summed E-state index contributed by atoms with van der Waals surface area (Å²) >= 11 is 0. The van der Waals surface area contributed by atoms with Gasteiger partial charge in [-0.25, -0.2) is 4.79 Å². The number of carboxylic acid groups (broad SMARTS) is 2. The minimum absolute atomic E-state index is 0.0222. The number of carbonyl (C=O) groups excluding carboxylic acids is 3. The Labute approximate surface area is 238 Å². The van der Waals surface area contributed by atoms with Crippen molar-refractivity contribution < 1.29 is 34.2 Å². The predicted octanol–water partition coefficient (Wildman–Crippen LogP) is 0.617. The third-order valence-electron chi connectivity index (χ3n) is 7.09. The second kappa shape index (κ2) is 16.3. The fourth-order valence-corrected chi connectivity index (χ4v) is 4.39. The number of aromatic amines is 1. The van der Waals surface area contributed by atoms with Gasteiger partial charge in [-0.05, 0) is 49.8 Å². The van der Waals surface area contributed by atoms with E-state index in [1.54, 1.807) is 13.1 Å². The zero-order valence-corrected chi connectivity index (χ0v) is 23.5. The van der Waals surface area contributed by atoms with Crippen LogP contribution in [0, 0.1) is 5.92 Å². The van der Waals surface area contributed by atoms with E-state index in [2.05, 4.69) is 20.9 Å². The van der Waals surface area contributed by atoms with Crippen LogP contribution in [-0.2, 0) is 30.4 Å². The second-order valence-corrected chi connectivity index (χ2v) is 10.2. The van der Waals surface area contributed by atoms with Crippen molar-refractivity contribution in [2.75, 3.05) is 6.54 Å². The highest BCUT2D eigenvalue weighted by atomic mass is 16.4. The van der Waals surface area contributed by atoms with Gasteiger partial charge in [0.1, 0.15) is 18.1 Å². The quantitative estimate of drug-likeness (QED) is 0.116. The number of rotatable bonds is 18. The van der Waals surface area contributed by atoms with Gasteiger partial charge in [0.2, 0.25) is 17.7 Å². The number of fused-ring (bicyclic) bond motifs is 1. The molecule has 1 aromatic heterocycles. The molecule has 0 saturated carbocycles. The monoisotopic (exact) mass is 574 g/mol. The van der Waals surface area contributed by atoms with Crippen molar-refractivity contribution >= 4 is 40.6 Å². The summed E-state index contributed by atoms with van der Waals surface area (Å²) in [5.74, 6) is -4.65. The standard InChI is InChI=1S/C28H42N6O7/c1-3-16(2)24(34-25(37)19(30)11-12-23(35)36)27(39)32-21(10-6-7-13-29)26(38)33-22(28(40)41)14-17-15-31-20-9-5-4-8-18(17)20/h4-5,8-9,15-16,19,21-22,24,31H,3,6-7,10-14,29-30H2,1-2H3,(H,32,39)(H,33,38)(H,34,37)(H,35,36)(H,40,41). The molecule has 1 heterocycles. The van der Waals surface area contributed by atoms with Crippen LogP contribution in [0.15, 0.2) is 30.5 Å². The third-order valence-corrected chi connectivity index (χ3v) is 7.09. The SMILES string of the molecule is CCC(C)C(NC(=O)C(N)CCC(=O)O)C(=O)NC(CCCCN)C(=O)NC(Cc1c[nH]c2ccccc12)C(=O)O. The second-order valence-electron chi connectivity index (χ2n) is 10.2. The molecule has 13 heteroatoms. The van der Waals surface area contributed by atoms with Crippen LogP contribution in [0.25, 0.3) is 10.9 Å². The zero-order chi connectivity index (χ0) is 30.5. The Hall–Kier alpha value is -3.97. The largest absolute Gasteiger partial charge is 0.481 e. The first-order valence-corrected chi connectivity index (χ1v) is 13.8. The molecule has 0 fully saturated rings. The summed E-state index contributed by atoms with van der Waals surface area (Å²) in [6, 6.07) is 2.89. The van der Waals surface area contributed by atoms with Crippen LogP contribution in [0.3, 0.4) is 0 Å². The molecule has 0 radical (unpaired) electrons. The van der Waals surface area contributed by atoms with Crippen LogP contribution < -0.4 is 27.4 Å². The maximum absolute atomic E-state index is 13.4. The number of aromatic nitrogens is 1. The highest BCUT2D eigenvalue weighted by Gasteiger charge is 2.32. The summed E-state index contributed by atoms with van der Waals surface area (Å²) in [6.45, 7) is 3.95. The van der Waals surface area contributed by atoms with E-state index in [4.69, 9.17) is 16.6 Å². The molecule has 5 atom stereocenters. The molecular weight excluding hydrogens is 532 g/mol. The first-order chi connectivity index (χ1) is 19.5. The molecule has 0 bridgehead atoms. The Morgan fingerprint density at radius 1 is 0.927 bits per heavy atom. The molecule has 226 valence electrons. The van der Waals surface area contributed by atoms with Crippen LogP contribution in [0.5, 0.6) is 0 Å². The molecule has 0 aliphatic heterocycles. The van der Waals surface area contributed by atoms with Crippen LogP contribution in [0.4, 0.5) is 0 Å². The van der Waals surface area contributed by atoms with Gasteiger partial charge in [-0.3, -0.25) is 19.2 Å². The van der Waals surface area contributed by atoms with Gasteiger partial charge in [0, 0.05) is 29.9 Å². The number of nitrogens with one attached hydrogen (secondary N) is 4. The number of aliphatic carboxylic acids is 2. The number of para-hydroxylation sites is 1. The molecule has 2 aromatic rings. The lowest BCUT2D eigenvalue weighted by molar-refractivity contribution is -0.142. The molecule has 10 N–H and O–H groups in total. The molecule has 5 unspecified atom stereocenters. The Balaban J connectivity index is 2.18. The third kappa shape index (κ3) is 10.2. The van der Waals surface area contributed by atoms with Gasteiger partial charge in [-0.15, -0.1) is 0 Å². The minimum Gasteiger partial charge on any atom is -0.481 e. The summed E-state index contributed by atoms with van der Waals surface area (Å²) in [4.78, 5) is 65.3. The highest BCUT2D eigenvalue weighted by molar-refractivity contribution is 5.94. The van der Waals surface area contributed by atoms with Gasteiger partial charge in [-0.2, -0.15) is 0 Å². The topological polar surface area (TPSA) is 230 Å². The summed E-state index contributed by atoms with van der Waals surface area (Å²) in [5, 5.41) is 27.4. The zero-order valence-electron chi connectivity index (χ0n) is 23.5. The fraction of sp³-hybridized carbons (Fsp3) is 0.536. The number of benzene rings is 1. The predicted molar refractivity (Wildman–Crippen MR) is 153 cm³/mol. The van der Waals surface area contributed by atoms with E-state index in [9.17, 15) is 29.1 Å². The number of unbranched alkanes of at least 4 members (excludes halogenated alkanes) is 1. The summed E-state index contributed by atoms with van der Waals surface area (Å²) < 4.78 is 0. The van der Waals surface area contributed by atoms with Crippen LogP contribution in [0.2, 0.25) is 0 Å². The maximum Gasteiger partial charge on any atom is 0.326 e. The molecule has 2 rings (SSSR count). The first-order valence-electron chi connectivity index (χ1n) is 13.8. The number of nitrogens with two attached hydrogens (primary N) is 2. The molecule has 13 nitrogen and oxygen atoms in total. The van der Waals surface area contributed by atoms with E-state index in [0.29, 0.717) is 25.8 Å². The molecule has 0 spiro atoms. The van der Waals surface area contributed by atoms with E-state index in [0.717, 1.165) is 16.5 Å². The van der Waals surface area contributed by atoms with E-state index < -0.39 is 53.8 Å². The molecule has 0 aliphatic carbocycles. The highest BCUT2D eigenvalue weighted by Crippen LogP contribution is 2.19. The number of carbonyl (C=O) groups is 5. The average Bonchev–Trinajstić information content (AvgIpc) is 3.35. The molecule has 0 aliphatic rings. The van der Waals surface area contributed by atoms with Crippen molar-refractivity contribution in [2.45, 2.75) is 83.0 Å². The van der Waals surface area contributed by atoms with Crippen LogP contribution in [-0.4, -0.2) is 75.6 Å². The molecule has 3 amide bonds. The number of carboxylic acids is 2. The Kier molecular flexibility index (Phi) is 13.2. The first kappa shape index (κ1) is 33.2. The van der Waals surface area contributed by atoms with Crippen molar-refractivity contribution in [1.29, 1.82) is 0 Å². The Morgan fingerprint density at radius 3 is 2.24 bits per heavy atom. The van der Waals surface area contributed by atoms with Gasteiger partial charge in [0.25, 0.3) is 0 Å². The van der Waals surface area contributed by atoms with Gasteiger partial charge in [0.05, 0.1) is 6.04 Å². The van der Waals surface area contributed by atoms with E-state index in [1.165, 1.54) is 0 Å². The number of H-pyrrole nitrogens is 1. The van der Waals surface area contributed by atoms with Gasteiger partial charge in [-0.1, -0.05) is 38.5 Å². The Bertz CT molecular complexity index is 1200. The van der Waals surface area contributed by atoms with Crippen molar-refractivity contribution in [1.82, 2.24) is 20.9 Å². The molecule has 0 saturated heterocycles. The molecule has 1 aromatic carbocycles. The van der Waals surface area contributed by atoms with Gasteiger partial charge in [0.15, 0.2) is 0 Å². The van der Waals surface area contributed by atoms with Crippen molar-refractivity contribution in [3.63, 3.8) is 0 Å². The normalized spacial score (nSPS) is 14.8. The van der Waals surface area contributed by atoms with E-state index >= 15 is 0 Å². The molecule has 41 heavy (non-hydrogen) atoms. The molecular formula is C28H42N6O7. The lowest BCUT2D eigenvalue weighted by Crippen LogP contribution is -2.58. The summed E-state index contributed by atoms with van der Waals surface area (Å²) in [5.41, 5.74) is 13.0. The number of hydrogen-bond acceptors (Lipinski definition) is 7. The Morgan fingerprint density at radius 2 is 1.61 bits per heavy atom. The average molecular weight is 575 g/mol. The van der Waals surface area contributed by atoms with Crippen molar-refractivity contribution in [2.24, 2.45) is 17.4 Å². The van der Waals surface area contributed by atoms with Crippen molar-refractivity contribution in [3.8, 4) is 0 Å². The number of hydrogen-bond donors (Lipinski definition) is 8. The number of amides is 3. The van der Waals surface area contributed by atoms with Crippen LogP contribution >= 0.6 is 0 Å². The fourth-order valence-electron chi connectivity index (χ4n) is 4.39. The summed E-state index contributed by atoms with van der Waals surface area (Å²) in [6.07, 6.45) is 3.11. The maximum atomic E-state index is 13.4. The lowest BCUT2D eigenvalue weighted by atomic mass is 9.96. The van der Waals surface area contributed by atoms with Gasteiger partial charge < -0.3 is 42.6 Å². The smallest absolute Gasteiger partial charge is 0.326 e. The minimum atomic E-state index is -1.26. The van der Waals surface area contributed by atoms with Gasteiger partial charge >= 0.3 is 11.9 Å². The van der Waals surface area contributed by atoms with E-state index in [1.807, 2.05) is 31.2 Å².